The largest absolute Gasteiger partial charge is 0.491 e. The van der Waals surface area contributed by atoms with Crippen LogP contribution in [0.15, 0.2) is 24.3 Å². The highest BCUT2D eigenvalue weighted by Gasteiger charge is 2.12. The lowest BCUT2D eigenvalue weighted by molar-refractivity contribution is -0.122. The molecule has 4 heteroatoms. The first-order valence-corrected chi connectivity index (χ1v) is 7.53. The van der Waals surface area contributed by atoms with Crippen LogP contribution in [0, 0.1) is 0 Å². The molecular formula is C17H28N2O2. The molecule has 4 nitrogen and oxygen atoms in total. The molecule has 0 atom stereocenters. The van der Waals surface area contributed by atoms with Crippen molar-refractivity contribution in [1.82, 2.24) is 10.6 Å². The fraction of sp³-hybridized carbons (Fsp3) is 0.588. The highest BCUT2D eigenvalue weighted by Crippen LogP contribution is 2.13. The molecule has 0 unspecified atom stereocenters. The molecule has 118 valence electrons. The number of hydrogen-bond donors (Lipinski definition) is 2. The van der Waals surface area contributed by atoms with E-state index in [1.165, 1.54) is 5.56 Å². The van der Waals surface area contributed by atoms with Crippen molar-refractivity contribution in [2.24, 2.45) is 0 Å². The Kier molecular flexibility index (Phi) is 6.69. The van der Waals surface area contributed by atoms with Gasteiger partial charge in [-0.05, 0) is 52.3 Å². The maximum absolute atomic E-state index is 11.6. The lowest BCUT2D eigenvalue weighted by Crippen LogP contribution is -2.41. The first-order chi connectivity index (χ1) is 9.76. The second-order valence-corrected chi connectivity index (χ2v) is 6.54. The molecule has 0 heterocycles. The van der Waals surface area contributed by atoms with E-state index in [1.807, 2.05) is 58.9 Å². The monoisotopic (exact) mass is 292 g/mol. The minimum absolute atomic E-state index is 0.0793. The standard InChI is InChI=1S/C17H28N2O2/c1-13(2)21-15-8-6-14(7-9-15)12-18-11-10-16(20)19-17(3,4)5/h6-9,13,18H,10-12H2,1-5H3,(H,19,20). The Balaban J connectivity index is 2.25. The van der Waals surface area contributed by atoms with E-state index >= 15 is 0 Å². The molecule has 0 bridgehead atoms. The van der Waals surface area contributed by atoms with Crippen LogP contribution in [0.3, 0.4) is 0 Å². The molecule has 1 amide bonds. The second kappa shape index (κ2) is 8.03. The van der Waals surface area contributed by atoms with Gasteiger partial charge in [-0.3, -0.25) is 4.79 Å². The Hall–Kier alpha value is -1.55. The predicted molar refractivity (Wildman–Crippen MR) is 86.4 cm³/mol. The number of ether oxygens (including phenoxy) is 1. The van der Waals surface area contributed by atoms with Crippen LogP contribution in [-0.4, -0.2) is 24.1 Å². The van der Waals surface area contributed by atoms with Gasteiger partial charge in [0.1, 0.15) is 5.75 Å². The van der Waals surface area contributed by atoms with Crippen LogP contribution < -0.4 is 15.4 Å². The minimum atomic E-state index is -0.163. The van der Waals surface area contributed by atoms with Crippen LogP contribution >= 0.6 is 0 Å². The van der Waals surface area contributed by atoms with E-state index in [0.29, 0.717) is 13.0 Å². The van der Waals surface area contributed by atoms with E-state index in [9.17, 15) is 4.79 Å². The van der Waals surface area contributed by atoms with Gasteiger partial charge in [-0.2, -0.15) is 0 Å². The van der Waals surface area contributed by atoms with E-state index in [-0.39, 0.29) is 17.6 Å². The average Bonchev–Trinajstić information content (AvgIpc) is 2.34. The number of carbonyl (C=O) groups is 1. The third-order valence-electron chi connectivity index (χ3n) is 2.67. The van der Waals surface area contributed by atoms with Crippen LogP contribution in [-0.2, 0) is 11.3 Å². The van der Waals surface area contributed by atoms with E-state index in [2.05, 4.69) is 10.6 Å². The zero-order valence-corrected chi connectivity index (χ0v) is 13.8. The van der Waals surface area contributed by atoms with Crippen LogP contribution in [0.5, 0.6) is 5.75 Å². The summed E-state index contributed by atoms with van der Waals surface area (Å²) in [4.78, 5) is 11.6. The van der Waals surface area contributed by atoms with Crippen molar-refractivity contribution in [1.29, 1.82) is 0 Å². The molecule has 1 rings (SSSR count). The van der Waals surface area contributed by atoms with Gasteiger partial charge >= 0.3 is 0 Å². The van der Waals surface area contributed by atoms with Gasteiger partial charge in [0.25, 0.3) is 0 Å². The Morgan fingerprint density at radius 3 is 2.33 bits per heavy atom. The summed E-state index contributed by atoms with van der Waals surface area (Å²) in [6, 6.07) is 8.03. The average molecular weight is 292 g/mol. The molecule has 0 saturated carbocycles. The maximum atomic E-state index is 11.6. The van der Waals surface area contributed by atoms with Crippen LogP contribution in [0.1, 0.15) is 46.6 Å². The summed E-state index contributed by atoms with van der Waals surface area (Å²) in [6.45, 7) is 11.4. The lowest BCUT2D eigenvalue weighted by atomic mass is 10.1. The normalized spacial score (nSPS) is 11.5. The van der Waals surface area contributed by atoms with Crippen molar-refractivity contribution in [3.63, 3.8) is 0 Å². The van der Waals surface area contributed by atoms with Crippen molar-refractivity contribution in [3.8, 4) is 5.75 Å². The summed E-state index contributed by atoms with van der Waals surface area (Å²) in [5.41, 5.74) is 1.02. The van der Waals surface area contributed by atoms with Crippen molar-refractivity contribution in [2.45, 2.75) is 59.2 Å². The van der Waals surface area contributed by atoms with Crippen molar-refractivity contribution in [2.75, 3.05) is 6.54 Å². The fourth-order valence-electron chi connectivity index (χ4n) is 1.87. The number of amides is 1. The smallest absolute Gasteiger partial charge is 0.221 e. The quantitative estimate of drug-likeness (QED) is 0.760. The van der Waals surface area contributed by atoms with Gasteiger partial charge in [0.15, 0.2) is 0 Å². The molecular weight excluding hydrogens is 264 g/mol. The third kappa shape index (κ3) is 8.35. The SMILES string of the molecule is CC(C)Oc1ccc(CNCCC(=O)NC(C)(C)C)cc1. The number of rotatable bonds is 7. The number of nitrogens with one attached hydrogen (secondary N) is 2. The first kappa shape index (κ1) is 17.5. The Morgan fingerprint density at radius 2 is 1.81 bits per heavy atom. The molecule has 0 aliphatic heterocycles. The van der Waals surface area contributed by atoms with Crippen molar-refractivity contribution >= 4 is 5.91 Å². The molecule has 0 fully saturated rings. The van der Waals surface area contributed by atoms with Crippen LogP contribution in [0.25, 0.3) is 0 Å². The minimum Gasteiger partial charge on any atom is -0.491 e. The molecule has 0 saturated heterocycles. The summed E-state index contributed by atoms with van der Waals surface area (Å²) in [5, 5.41) is 6.22. The summed E-state index contributed by atoms with van der Waals surface area (Å²) >= 11 is 0. The topological polar surface area (TPSA) is 50.4 Å². The van der Waals surface area contributed by atoms with E-state index < -0.39 is 0 Å². The van der Waals surface area contributed by atoms with Gasteiger partial charge in [0.05, 0.1) is 6.10 Å². The third-order valence-corrected chi connectivity index (χ3v) is 2.67. The van der Waals surface area contributed by atoms with Crippen LogP contribution in [0.4, 0.5) is 0 Å². The fourth-order valence-corrected chi connectivity index (χ4v) is 1.87. The second-order valence-electron chi connectivity index (χ2n) is 6.54. The van der Waals surface area contributed by atoms with Gasteiger partial charge in [-0.15, -0.1) is 0 Å². The highest BCUT2D eigenvalue weighted by atomic mass is 16.5. The predicted octanol–water partition coefficient (Wildman–Crippen LogP) is 2.87. The number of hydrogen-bond acceptors (Lipinski definition) is 3. The Labute approximate surface area is 128 Å². The van der Waals surface area contributed by atoms with E-state index in [1.54, 1.807) is 0 Å². The van der Waals surface area contributed by atoms with Gasteiger partial charge in [-0.1, -0.05) is 12.1 Å². The molecule has 0 aliphatic rings. The Morgan fingerprint density at radius 1 is 1.19 bits per heavy atom. The maximum Gasteiger partial charge on any atom is 0.221 e. The summed E-state index contributed by atoms with van der Waals surface area (Å²) in [7, 11) is 0. The first-order valence-electron chi connectivity index (χ1n) is 7.53. The highest BCUT2D eigenvalue weighted by molar-refractivity contribution is 5.76. The lowest BCUT2D eigenvalue weighted by Gasteiger charge is -2.20. The zero-order valence-electron chi connectivity index (χ0n) is 13.8. The molecule has 21 heavy (non-hydrogen) atoms. The van der Waals surface area contributed by atoms with E-state index in [4.69, 9.17) is 4.74 Å². The van der Waals surface area contributed by atoms with Gasteiger partial charge in [-0.25, -0.2) is 0 Å². The van der Waals surface area contributed by atoms with Crippen molar-refractivity contribution < 1.29 is 9.53 Å². The summed E-state index contributed by atoms with van der Waals surface area (Å²) in [5.74, 6) is 0.967. The summed E-state index contributed by atoms with van der Waals surface area (Å²) in [6.07, 6.45) is 0.682. The number of carbonyl (C=O) groups excluding carboxylic acids is 1. The van der Waals surface area contributed by atoms with Gasteiger partial charge in [0, 0.05) is 25.0 Å². The van der Waals surface area contributed by atoms with Gasteiger partial charge < -0.3 is 15.4 Å². The molecule has 0 spiro atoms. The molecule has 1 aromatic carbocycles. The van der Waals surface area contributed by atoms with Crippen molar-refractivity contribution in [3.05, 3.63) is 29.8 Å². The molecule has 0 radical (unpaired) electrons. The Bertz CT molecular complexity index is 433. The zero-order chi connectivity index (χ0) is 15.9. The van der Waals surface area contributed by atoms with Gasteiger partial charge in [0.2, 0.25) is 5.91 Å². The molecule has 1 aromatic rings. The molecule has 0 aromatic heterocycles. The molecule has 2 N–H and O–H groups in total. The number of benzene rings is 1. The van der Waals surface area contributed by atoms with Crippen LogP contribution in [0.2, 0.25) is 0 Å². The summed E-state index contributed by atoms with van der Waals surface area (Å²) < 4.78 is 5.60. The molecule has 0 aliphatic carbocycles. The van der Waals surface area contributed by atoms with E-state index in [0.717, 1.165) is 12.3 Å².